The lowest BCUT2D eigenvalue weighted by atomic mass is 10.0. The molecule has 1 atom stereocenters. The Labute approximate surface area is 104 Å². The zero-order chi connectivity index (χ0) is 12.8. The third kappa shape index (κ3) is 4.35. The van der Waals surface area contributed by atoms with Gasteiger partial charge in [-0.15, -0.1) is 0 Å². The van der Waals surface area contributed by atoms with Crippen molar-refractivity contribution in [3.05, 3.63) is 30.1 Å². The highest BCUT2D eigenvalue weighted by Crippen LogP contribution is 2.14. The van der Waals surface area contributed by atoms with Crippen molar-refractivity contribution in [3.8, 4) is 0 Å². The first kappa shape index (κ1) is 14.0. The lowest BCUT2D eigenvalue weighted by Gasteiger charge is -2.29. The van der Waals surface area contributed by atoms with Crippen LogP contribution in [-0.4, -0.2) is 26.2 Å². The van der Waals surface area contributed by atoms with Crippen LogP contribution in [0.2, 0.25) is 0 Å². The fraction of sp³-hybridized carbons (Fsp3) is 0.571. The summed E-state index contributed by atoms with van der Waals surface area (Å²) in [6, 6.07) is 7.10. The smallest absolute Gasteiger partial charge is 0.123 e. The van der Waals surface area contributed by atoms with Crippen LogP contribution >= 0.6 is 0 Å². The second-order valence-electron chi connectivity index (χ2n) is 4.77. The molecule has 0 bridgehead atoms. The molecule has 17 heavy (non-hydrogen) atoms. The van der Waals surface area contributed by atoms with E-state index in [9.17, 15) is 4.39 Å². The highest BCUT2D eigenvalue weighted by Gasteiger charge is 2.14. The number of benzene rings is 1. The fourth-order valence-electron chi connectivity index (χ4n) is 1.87. The first-order valence-electron chi connectivity index (χ1n) is 6.24. The van der Waals surface area contributed by atoms with Crippen LogP contribution in [0.15, 0.2) is 24.3 Å². The van der Waals surface area contributed by atoms with E-state index >= 15 is 0 Å². The molecule has 0 aliphatic heterocycles. The molecule has 0 aromatic heterocycles. The Hall–Kier alpha value is -1.09. The molecule has 3 heteroatoms. The van der Waals surface area contributed by atoms with E-state index in [0.29, 0.717) is 12.0 Å². The van der Waals surface area contributed by atoms with E-state index in [1.54, 1.807) is 0 Å². The summed E-state index contributed by atoms with van der Waals surface area (Å²) >= 11 is 0. The Balaban J connectivity index is 2.63. The summed E-state index contributed by atoms with van der Waals surface area (Å²) in [6.07, 6.45) is 0. The molecule has 0 saturated carbocycles. The molecule has 1 aromatic carbocycles. The van der Waals surface area contributed by atoms with Gasteiger partial charge in [0.2, 0.25) is 0 Å². The lowest BCUT2D eigenvalue weighted by molar-refractivity contribution is 0.410. The number of halogens is 1. The molecular formula is C14H23FN2. The summed E-state index contributed by atoms with van der Waals surface area (Å²) in [7, 11) is 2.04. The fourth-order valence-corrected chi connectivity index (χ4v) is 1.87. The summed E-state index contributed by atoms with van der Waals surface area (Å²) < 4.78 is 12.8. The molecule has 0 aliphatic carbocycles. The molecule has 0 spiro atoms. The second kappa shape index (κ2) is 6.60. The molecule has 0 fully saturated rings. The van der Waals surface area contributed by atoms with E-state index < -0.39 is 0 Å². The van der Waals surface area contributed by atoms with Crippen molar-refractivity contribution in [3.63, 3.8) is 0 Å². The summed E-state index contributed by atoms with van der Waals surface area (Å²) in [4.78, 5) is 2.16. The van der Waals surface area contributed by atoms with Crippen molar-refractivity contribution in [2.24, 2.45) is 5.92 Å². The normalized spacial score (nSPS) is 12.8. The van der Waals surface area contributed by atoms with E-state index in [0.717, 1.165) is 18.8 Å². The zero-order valence-electron chi connectivity index (χ0n) is 11.2. The van der Waals surface area contributed by atoms with Crippen molar-refractivity contribution in [2.75, 3.05) is 25.0 Å². The maximum Gasteiger partial charge on any atom is 0.123 e. The van der Waals surface area contributed by atoms with Crippen molar-refractivity contribution >= 4 is 5.69 Å². The second-order valence-corrected chi connectivity index (χ2v) is 4.77. The molecular weight excluding hydrogens is 215 g/mol. The molecule has 96 valence electrons. The van der Waals surface area contributed by atoms with Crippen molar-refractivity contribution in [1.29, 1.82) is 0 Å². The SMILES string of the molecule is CCNC(CN(C)c1ccc(F)cc1)C(C)C. The largest absolute Gasteiger partial charge is 0.373 e. The Bertz CT molecular complexity index is 321. The van der Waals surface area contributed by atoms with Crippen LogP contribution in [0.3, 0.4) is 0 Å². The molecule has 0 heterocycles. The van der Waals surface area contributed by atoms with Gasteiger partial charge < -0.3 is 10.2 Å². The topological polar surface area (TPSA) is 15.3 Å². The van der Waals surface area contributed by atoms with Gasteiger partial charge in [-0.1, -0.05) is 20.8 Å². The molecule has 1 N–H and O–H groups in total. The van der Waals surface area contributed by atoms with Gasteiger partial charge in [0.1, 0.15) is 5.82 Å². The number of rotatable bonds is 6. The molecule has 1 aromatic rings. The van der Waals surface area contributed by atoms with Gasteiger partial charge in [0, 0.05) is 25.3 Å². The highest BCUT2D eigenvalue weighted by atomic mass is 19.1. The van der Waals surface area contributed by atoms with Gasteiger partial charge in [-0.3, -0.25) is 0 Å². The van der Waals surface area contributed by atoms with Crippen LogP contribution in [0.25, 0.3) is 0 Å². The summed E-state index contributed by atoms with van der Waals surface area (Å²) in [6.45, 7) is 8.45. The Morgan fingerprint density at radius 2 is 1.82 bits per heavy atom. The average molecular weight is 238 g/mol. The Morgan fingerprint density at radius 1 is 1.24 bits per heavy atom. The zero-order valence-corrected chi connectivity index (χ0v) is 11.2. The maximum atomic E-state index is 12.8. The van der Waals surface area contributed by atoms with Crippen molar-refractivity contribution < 1.29 is 4.39 Å². The van der Waals surface area contributed by atoms with E-state index in [1.807, 2.05) is 19.2 Å². The summed E-state index contributed by atoms with van der Waals surface area (Å²) in [5.74, 6) is 0.395. The number of nitrogens with one attached hydrogen (secondary N) is 1. The quantitative estimate of drug-likeness (QED) is 0.820. The standard InChI is InChI=1S/C14H23FN2/c1-5-16-14(11(2)3)10-17(4)13-8-6-12(15)7-9-13/h6-9,11,14,16H,5,10H2,1-4H3. The first-order valence-corrected chi connectivity index (χ1v) is 6.24. The van der Waals surface area contributed by atoms with Crippen LogP contribution in [-0.2, 0) is 0 Å². The lowest BCUT2D eigenvalue weighted by Crippen LogP contribution is -2.43. The van der Waals surface area contributed by atoms with Crippen molar-refractivity contribution in [1.82, 2.24) is 5.32 Å². The van der Waals surface area contributed by atoms with Crippen LogP contribution in [0.4, 0.5) is 10.1 Å². The van der Waals surface area contributed by atoms with E-state index in [1.165, 1.54) is 12.1 Å². The molecule has 0 radical (unpaired) electrons. The van der Waals surface area contributed by atoms with Crippen LogP contribution in [0.1, 0.15) is 20.8 Å². The van der Waals surface area contributed by atoms with Crippen LogP contribution in [0, 0.1) is 11.7 Å². The van der Waals surface area contributed by atoms with E-state index in [2.05, 4.69) is 31.0 Å². The van der Waals surface area contributed by atoms with E-state index in [-0.39, 0.29) is 5.82 Å². The van der Waals surface area contributed by atoms with Gasteiger partial charge >= 0.3 is 0 Å². The Morgan fingerprint density at radius 3 is 2.29 bits per heavy atom. The molecule has 0 saturated heterocycles. The minimum Gasteiger partial charge on any atom is -0.373 e. The minimum atomic E-state index is -0.186. The molecule has 0 aliphatic rings. The summed E-state index contributed by atoms with van der Waals surface area (Å²) in [5, 5.41) is 3.48. The monoisotopic (exact) mass is 238 g/mol. The third-order valence-electron chi connectivity index (χ3n) is 3.01. The first-order chi connectivity index (χ1) is 8.04. The van der Waals surface area contributed by atoms with Gasteiger partial charge in [-0.25, -0.2) is 4.39 Å². The predicted octanol–water partition coefficient (Wildman–Crippen LogP) is 2.90. The third-order valence-corrected chi connectivity index (χ3v) is 3.01. The van der Waals surface area contributed by atoms with Gasteiger partial charge in [-0.2, -0.15) is 0 Å². The minimum absolute atomic E-state index is 0.186. The van der Waals surface area contributed by atoms with Gasteiger partial charge in [0.05, 0.1) is 0 Å². The average Bonchev–Trinajstić information content (AvgIpc) is 2.29. The number of hydrogen-bond acceptors (Lipinski definition) is 2. The Kier molecular flexibility index (Phi) is 5.42. The van der Waals surface area contributed by atoms with Gasteiger partial charge in [-0.05, 0) is 36.7 Å². The summed E-state index contributed by atoms with van der Waals surface area (Å²) in [5.41, 5.74) is 1.05. The number of nitrogens with zero attached hydrogens (tertiary/aromatic N) is 1. The maximum absolute atomic E-state index is 12.8. The van der Waals surface area contributed by atoms with Crippen LogP contribution in [0.5, 0.6) is 0 Å². The van der Waals surface area contributed by atoms with Crippen LogP contribution < -0.4 is 10.2 Å². The number of hydrogen-bond donors (Lipinski definition) is 1. The number of likely N-dealkylation sites (N-methyl/N-ethyl adjacent to an activating group) is 2. The molecule has 1 unspecified atom stereocenters. The van der Waals surface area contributed by atoms with Gasteiger partial charge in [0.25, 0.3) is 0 Å². The molecule has 0 amide bonds. The van der Waals surface area contributed by atoms with Gasteiger partial charge in [0.15, 0.2) is 0 Å². The predicted molar refractivity (Wildman–Crippen MR) is 72.0 cm³/mol. The molecule has 1 rings (SSSR count). The highest BCUT2D eigenvalue weighted by molar-refractivity contribution is 5.45. The molecule has 2 nitrogen and oxygen atoms in total. The number of anilines is 1. The van der Waals surface area contributed by atoms with E-state index in [4.69, 9.17) is 0 Å². The van der Waals surface area contributed by atoms with Crippen molar-refractivity contribution in [2.45, 2.75) is 26.8 Å².